The summed E-state index contributed by atoms with van der Waals surface area (Å²) in [5.74, 6) is 1.36. The Hall–Kier alpha value is -1.06. The van der Waals surface area contributed by atoms with Crippen molar-refractivity contribution in [2.45, 2.75) is 64.3 Å². The van der Waals surface area contributed by atoms with Crippen molar-refractivity contribution in [2.24, 2.45) is 16.6 Å². The standard InChI is InChI=1S/C14H25N3O/c1-3-10-17-13(18)16-12(15)14(17)8-5-6-11(4-2)7-9-14/h11H,3-10H2,1-2H3,(H2,15,16,18). The van der Waals surface area contributed by atoms with Gasteiger partial charge in [0.2, 0.25) is 0 Å². The van der Waals surface area contributed by atoms with Crippen LogP contribution in [0.1, 0.15) is 58.8 Å². The number of carbonyl (C=O) groups is 1. The summed E-state index contributed by atoms with van der Waals surface area (Å²) in [7, 11) is 0. The Balaban J connectivity index is 2.21. The lowest BCUT2D eigenvalue weighted by Gasteiger charge is -2.37. The molecule has 1 aliphatic carbocycles. The molecule has 2 amide bonds. The summed E-state index contributed by atoms with van der Waals surface area (Å²) in [5.41, 5.74) is 5.85. The van der Waals surface area contributed by atoms with E-state index >= 15 is 0 Å². The summed E-state index contributed by atoms with van der Waals surface area (Å²) in [4.78, 5) is 17.9. The Morgan fingerprint density at radius 3 is 2.83 bits per heavy atom. The zero-order valence-corrected chi connectivity index (χ0v) is 11.6. The van der Waals surface area contributed by atoms with Crippen LogP contribution >= 0.6 is 0 Å². The minimum Gasteiger partial charge on any atom is -0.385 e. The van der Waals surface area contributed by atoms with Gasteiger partial charge in [-0.15, -0.1) is 0 Å². The van der Waals surface area contributed by atoms with Crippen molar-refractivity contribution in [3.05, 3.63) is 0 Å². The second kappa shape index (κ2) is 5.29. The fraction of sp³-hybridized carbons (Fsp3) is 0.857. The Morgan fingerprint density at radius 1 is 1.39 bits per heavy atom. The molecule has 2 aliphatic rings. The highest BCUT2D eigenvalue weighted by molar-refractivity contribution is 6.05. The van der Waals surface area contributed by atoms with Gasteiger partial charge in [0.1, 0.15) is 11.4 Å². The fourth-order valence-corrected chi connectivity index (χ4v) is 3.45. The van der Waals surface area contributed by atoms with E-state index in [1.807, 2.05) is 4.90 Å². The van der Waals surface area contributed by atoms with Gasteiger partial charge < -0.3 is 10.6 Å². The van der Waals surface area contributed by atoms with Gasteiger partial charge in [-0.1, -0.05) is 33.1 Å². The number of amides is 2. The first-order valence-electron chi connectivity index (χ1n) is 7.30. The average Bonchev–Trinajstić information content (AvgIpc) is 2.55. The van der Waals surface area contributed by atoms with E-state index in [-0.39, 0.29) is 11.6 Å². The van der Waals surface area contributed by atoms with Crippen LogP contribution in [0.2, 0.25) is 0 Å². The largest absolute Gasteiger partial charge is 0.385 e. The molecule has 4 nitrogen and oxygen atoms in total. The van der Waals surface area contributed by atoms with Crippen LogP contribution in [0.25, 0.3) is 0 Å². The van der Waals surface area contributed by atoms with Gasteiger partial charge in [-0.25, -0.2) is 4.79 Å². The van der Waals surface area contributed by atoms with Crippen molar-refractivity contribution < 1.29 is 4.79 Å². The van der Waals surface area contributed by atoms with Crippen molar-refractivity contribution >= 4 is 11.9 Å². The topological polar surface area (TPSA) is 58.7 Å². The number of nitrogens with zero attached hydrogens (tertiary/aromatic N) is 2. The molecule has 18 heavy (non-hydrogen) atoms. The molecule has 1 heterocycles. The number of urea groups is 1. The summed E-state index contributed by atoms with van der Waals surface area (Å²) < 4.78 is 0. The molecule has 2 unspecified atom stereocenters. The minimum atomic E-state index is -0.253. The second-order valence-corrected chi connectivity index (χ2v) is 5.67. The molecule has 0 aromatic carbocycles. The van der Waals surface area contributed by atoms with Gasteiger partial charge in [0, 0.05) is 6.54 Å². The highest BCUT2D eigenvalue weighted by Gasteiger charge is 2.48. The first kappa shape index (κ1) is 13.4. The van der Waals surface area contributed by atoms with Gasteiger partial charge in [-0.2, -0.15) is 4.99 Å². The zero-order valence-electron chi connectivity index (χ0n) is 11.6. The van der Waals surface area contributed by atoms with Crippen molar-refractivity contribution in [3.63, 3.8) is 0 Å². The molecule has 102 valence electrons. The molecule has 0 aromatic rings. The molecule has 1 aliphatic heterocycles. The van der Waals surface area contributed by atoms with Crippen molar-refractivity contribution in [1.82, 2.24) is 4.90 Å². The van der Waals surface area contributed by atoms with Gasteiger partial charge in [0.05, 0.1) is 0 Å². The highest BCUT2D eigenvalue weighted by atomic mass is 16.2. The maximum atomic E-state index is 12.0. The number of amidine groups is 1. The SMILES string of the molecule is CCCN1C(=O)N=C(N)C12CCCC(CC)CC2. The quantitative estimate of drug-likeness (QED) is 0.838. The van der Waals surface area contributed by atoms with E-state index in [9.17, 15) is 4.79 Å². The van der Waals surface area contributed by atoms with E-state index < -0.39 is 0 Å². The van der Waals surface area contributed by atoms with Gasteiger partial charge in [0.25, 0.3) is 0 Å². The van der Waals surface area contributed by atoms with E-state index in [1.165, 1.54) is 19.3 Å². The lowest BCUT2D eigenvalue weighted by atomic mass is 9.87. The molecular formula is C14H25N3O. The molecule has 0 radical (unpaired) electrons. The van der Waals surface area contributed by atoms with E-state index in [0.29, 0.717) is 5.84 Å². The van der Waals surface area contributed by atoms with Crippen LogP contribution in [0.5, 0.6) is 0 Å². The Kier molecular flexibility index (Phi) is 3.93. The summed E-state index contributed by atoms with van der Waals surface area (Å²) in [6.45, 7) is 5.13. The Morgan fingerprint density at radius 2 is 2.17 bits per heavy atom. The smallest absolute Gasteiger partial charge is 0.346 e. The van der Waals surface area contributed by atoms with Crippen LogP contribution in [0.15, 0.2) is 4.99 Å². The molecule has 1 saturated carbocycles. The number of aliphatic imine (C=N–C) groups is 1. The van der Waals surface area contributed by atoms with Crippen molar-refractivity contribution in [3.8, 4) is 0 Å². The Labute approximate surface area is 110 Å². The van der Waals surface area contributed by atoms with E-state index in [2.05, 4.69) is 18.8 Å². The fourth-order valence-electron chi connectivity index (χ4n) is 3.45. The molecule has 4 heteroatoms. The zero-order chi connectivity index (χ0) is 13.2. The van der Waals surface area contributed by atoms with Crippen LogP contribution in [0.3, 0.4) is 0 Å². The van der Waals surface area contributed by atoms with Crippen LogP contribution in [-0.2, 0) is 0 Å². The normalized spacial score (nSPS) is 32.8. The summed E-state index contributed by atoms with van der Waals surface area (Å²) >= 11 is 0. The van der Waals surface area contributed by atoms with Crippen LogP contribution in [0, 0.1) is 5.92 Å². The van der Waals surface area contributed by atoms with Gasteiger partial charge in [-0.05, 0) is 31.6 Å². The van der Waals surface area contributed by atoms with Gasteiger partial charge >= 0.3 is 6.03 Å². The van der Waals surface area contributed by atoms with E-state index in [4.69, 9.17) is 5.73 Å². The maximum absolute atomic E-state index is 12.0. The van der Waals surface area contributed by atoms with Crippen LogP contribution in [-0.4, -0.2) is 28.9 Å². The monoisotopic (exact) mass is 251 g/mol. The molecule has 1 fully saturated rings. The third-order valence-electron chi connectivity index (χ3n) is 4.63. The molecular weight excluding hydrogens is 226 g/mol. The van der Waals surface area contributed by atoms with Gasteiger partial charge in [-0.3, -0.25) is 0 Å². The first-order chi connectivity index (χ1) is 8.64. The summed E-state index contributed by atoms with van der Waals surface area (Å²) in [6, 6.07) is -0.121. The lowest BCUT2D eigenvalue weighted by molar-refractivity contribution is 0.159. The molecule has 2 atom stereocenters. The lowest BCUT2D eigenvalue weighted by Crippen LogP contribution is -2.54. The Bertz CT molecular complexity index is 353. The predicted molar refractivity (Wildman–Crippen MR) is 73.6 cm³/mol. The number of carbonyl (C=O) groups excluding carboxylic acids is 1. The van der Waals surface area contributed by atoms with Crippen molar-refractivity contribution in [1.29, 1.82) is 0 Å². The van der Waals surface area contributed by atoms with E-state index in [0.717, 1.165) is 38.1 Å². The number of nitrogens with two attached hydrogens (primary N) is 1. The molecule has 2 N–H and O–H groups in total. The molecule has 0 aromatic heterocycles. The van der Waals surface area contributed by atoms with Crippen molar-refractivity contribution in [2.75, 3.05) is 6.54 Å². The third kappa shape index (κ3) is 2.13. The number of hydrogen-bond acceptors (Lipinski definition) is 2. The second-order valence-electron chi connectivity index (χ2n) is 5.67. The molecule has 2 rings (SSSR count). The predicted octanol–water partition coefficient (Wildman–Crippen LogP) is 2.92. The number of hydrogen-bond donors (Lipinski definition) is 1. The summed E-state index contributed by atoms with van der Waals surface area (Å²) in [6.07, 6.45) is 7.77. The van der Waals surface area contributed by atoms with Gasteiger partial charge in [0.15, 0.2) is 0 Å². The molecule has 0 saturated heterocycles. The molecule has 1 spiro atoms. The van der Waals surface area contributed by atoms with E-state index in [1.54, 1.807) is 0 Å². The van der Waals surface area contributed by atoms with Crippen LogP contribution in [0.4, 0.5) is 4.79 Å². The minimum absolute atomic E-state index is 0.121. The molecule has 0 bridgehead atoms. The summed E-state index contributed by atoms with van der Waals surface area (Å²) in [5, 5.41) is 0. The third-order valence-corrected chi connectivity index (χ3v) is 4.63. The number of rotatable bonds is 3. The maximum Gasteiger partial charge on any atom is 0.346 e. The van der Waals surface area contributed by atoms with Crippen LogP contribution < -0.4 is 5.73 Å². The average molecular weight is 251 g/mol. The first-order valence-corrected chi connectivity index (χ1v) is 7.30. The highest BCUT2D eigenvalue weighted by Crippen LogP contribution is 2.39.